The highest BCUT2D eigenvalue weighted by molar-refractivity contribution is 6.30. The number of rotatable bonds is 6. The van der Waals surface area contributed by atoms with Gasteiger partial charge in [0.25, 0.3) is 0 Å². The van der Waals surface area contributed by atoms with Crippen LogP contribution < -0.4 is 5.32 Å². The van der Waals surface area contributed by atoms with Crippen molar-refractivity contribution in [2.75, 3.05) is 6.54 Å². The first kappa shape index (κ1) is 22.2. The van der Waals surface area contributed by atoms with Crippen molar-refractivity contribution in [3.05, 3.63) is 76.7 Å². The third-order valence-corrected chi connectivity index (χ3v) is 5.65. The van der Waals surface area contributed by atoms with Crippen LogP contribution in [0.15, 0.2) is 54.7 Å². The molecular formula is C23H22ClF3N4O. The van der Waals surface area contributed by atoms with E-state index in [4.69, 9.17) is 11.6 Å². The molecule has 0 fully saturated rings. The normalized spacial score (nSPS) is 13.1. The Morgan fingerprint density at radius 1 is 1.16 bits per heavy atom. The molecule has 2 heterocycles. The van der Waals surface area contributed by atoms with Gasteiger partial charge in [-0.3, -0.25) is 0 Å². The van der Waals surface area contributed by atoms with Crippen LogP contribution in [-0.4, -0.2) is 26.0 Å². The summed E-state index contributed by atoms with van der Waals surface area (Å²) in [4.78, 5) is 0. The number of hydrogen-bond donors (Lipinski definition) is 2. The predicted octanol–water partition coefficient (Wildman–Crippen LogP) is 5.64. The third kappa shape index (κ3) is 4.47. The smallest absolute Gasteiger partial charge is 0.435 e. The minimum atomic E-state index is -4.54. The number of nitrogens with zero attached hydrogens (tertiary/aromatic N) is 3. The Hall–Kier alpha value is -2.97. The Bertz CT molecular complexity index is 1260. The fourth-order valence-corrected chi connectivity index (χ4v) is 4.03. The van der Waals surface area contributed by atoms with Crippen molar-refractivity contribution in [3.63, 3.8) is 0 Å². The second-order valence-electron chi connectivity index (χ2n) is 7.84. The molecule has 0 aliphatic rings. The van der Waals surface area contributed by atoms with Crippen molar-refractivity contribution in [2.24, 2.45) is 7.05 Å². The summed E-state index contributed by atoms with van der Waals surface area (Å²) in [5.41, 5.74) is 1.93. The van der Waals surface area contributed by atoms with E-state index in [2.05, 4.69) is 10.4 Å². The van der Waals surface area contributed by atoms with Gasteiger partial charge < -0.3 is 15.0 Å². The average molecular weight is 463 g/mol. The number of alkyl halides is 3. The second kappa shape index (κ2) is 8.52. The highest BCUT2D eigenvalue weighted by Gasteiger charge is 2.35. The number of fused-ring (bicyclic) bond motifs is 1. The molecule has 0 aliphatic heterocycles. The van der Waals surface area contributed by atoms with Crippen molar-refractivity contribution < 1.29 is 18.3 Å². The SMILES string of the molecule is CC(CNCc1cc(C(F)(F)F)nn1-c1cccc(Cl)c1)c1cn(C)c2ccc(O)cc12. The lowest BCUT2D eigenvalue weighted by Gasteiger charge is -2.13. The van der Waals surface area contributed by atoms with Crippen molar-refractivity contribution in [1.82, 2.24) is 19.7 Å². The first-order chi connectivity index (χ1) is 15.1. The first-order valence-corrected chi connectivity index (χ1v) is 10.4. The van der Waals surface area contributed by atoms with Crippen molar-refractivity contribution >= 4 is 22.5 Å². The summed E-state index contributed by atoms with van der Waals surface area (Å²) in [6, 6.07) is 12.8. The van der Waals surface area contributed by atoms with Crippen LogP contribution in [0.5, 0.6) is 5.75 Å². The van der Waals surface area contributed by atoms with E-state index in [1.165, 1.54) is 4.68 Å². The second-order valence-corrected chi connectivity index (χ2v) is 8.28. The van der Waals surface area contributed by atoms with Crippen molar-refractivity contribution in [2.45, 2.75) is 25.6 Å². The zero-order valence-corrected chi connectivity index (χ0v) is 18.2. The summed E-state index contributed by atoms with van der Waals surface area (Å²) in [7, 11) is 1.94. The van der Waals surface area contributed by atoms with Gasteiger partial charge in [0.1, 0.15) is 5.75 Å². The first-order valence-electron chi connectivity index (χ1n) is 10.0. The van der Waals surface area contributed by atoms with E-state index in [1.807, 2.05) is 30.8 Å². The fourth-order valence-electron chi connectivity index (χ4n) is 3.85. The van der Waals surface area contributed by atoms with Gasteiger partial charge >= 0.3 is 6.18 Å². The molecule has 1 atom stereocenters. The van der Waals surface area contributed by atoms with Crippen molar-refractivity contribution in [3.8, 4) is 11.4 Å². The Morgan fingerprint density at radius 2 is 1.94 bits per heavy atom. The predicted molar refractivity (Wildman–Crippen MR) is 118 cm³/mol. The number of aryl methyl sites for hydroxylation is 1. The molecule has 2 aromatic heterocycles. The van der Waals surface area contributed by atoms with Crippen LogP contribution in [0.4, 0.5) is 13.2 Å². The Balaban J connectivity index is 1.55. The molecule has 1 unspecified atom stereocenters. The van der Waals surface area contributed by atoms with Crippen LogP contribution in [0, 0.1) is 0 Å². The monoisotopic (exact) mass is 462 g/mol. The van der Waals surface area contributed by atoms with E-state index >= 15 is 0 Å². The number of aromatic nitrogens is 3. The number of nitrogens with one attached hydrogen (secondary N) is 1. The fraction of sp³-hybridized carbons (Fsp3) is 0.261. The van der Waals surface area contributed by atoms with Gasteiger partial charge in [-0.15, -0.1) is 0 Å². The van der Waals surface area contributed by atoms with Gasteiger partial charge in [0.05, 0.1) is 11.4 Å². The summed E-state index contributed by atoms with van der Waals surface area (Å²) in [5, 5.41) is 18.2. The average Bonchev–Trinajstić information content (AvgIpc) is 3.29. The minimum Gasteiger partial charge on any atom is -0.508 e. The van der Waals surface area contributed by atoms with Gasteiger partial charge in [-0.05, 0) is 53.9 Å². The topological polar surface area (TPSA) is 55.0 Å². The number of hydrogen-bond acceptors (Lipinski definition) is 3. The molecule has 2 N–H and O–H groups in total. The molecule has 9 heteroatoms. The van der Waals surface area contributed by atoms with Crippen LogP contribution in [0.1, 0.15) is 29.8 Å². The maximum atomic E-state index is 13.3. The molecule has 5 nitrogen and oxygen atoms in total. The van der Waals surface area contributed by atoms with E-state index in [0.717, 1.165) is 22.5 Å². The Labute approximate surface area is 188 Å². The lowest BCUT2D eigenvalue weighted by atomic mass is 10.0. The molecule has 4 aromatic rings. The number of benzene rings is 2. The van der Waals surface area contributed by atoms with Gasteiger partial charge in [0, 0.05) is 42.3 Å². The molecule has 0 radical (unpaired) electrons. The summed E-state index contributed by atoms with van der Waals surface area (Å²) < 4.78 is 43.1. The zero-order chi connectivity index (χ0) is 23.0. The van der Waals surface area contributed by atoms with Gasteiger partial charge in [-0.25, -0.2) is 4.68 Å². The zero-order valence-electron chi connectivity index (χ0n) is 17.5. The molecule has 32 heavy (non-hydrogen) atoms. The van der Waals surface area contributed by atoms with Gasteiger partial charge in [0.15, 0.2) is 5.69 Å². The maximum Gasteiger partial charge on any atom is 0.435 e. The molecule has 0 aliphatic carbocycles. The van der Waals surface area contributed by atoms with Crippen LogP contribution in [0.3, 0.4) is 0 Å². The van der Waals surface area contributed by atoms with E-state index in [9.17, 15) is 18.3 Å². The van der Waals surface area contributed by atoms with Gasteiger partial charge in [-0.1, -0.05) is 24.6 Å². The number of halogens is 4. The van der Waals surface area contributed by atoms with E-state index in [-0.39, 0.29) is 18.2 Å². The molecule has 4 rings (SSSR count). The number of aromatic hydroxyl groups is 1. The van der Waals surface area contributed by atoms with Gasteiger partial charge in [0.2, 0.25) is 0 Å². The summed E-state index contributed by atoms with van der Waals surface area (Å²) in [5.74, 6) is 0.250. The van der Waals surface area contributed by atoms with Crippen LogP contribution in [-0.2, 0) is 19.8 Å². The largest absolute Gasteiger partial charge is 0.508 e. The van der Waals surface area contributed by atoms with E-state index in [1.54, 1.807) is 36.4 Å². The molecular weight excluding hydrogens is 441 g/mol. The van der Waals surface area contributed by atoms with Crippen molar-refractivity contribution in [1.29, 1.82) is 0 Å². The summed E-state index contributed by atoms with van der Waals surface area (Å²) in [6.07, 6.45) is -2.54. The molecule has 0 amide bonds. The summed E-state index contributed by atoms with van der Waals surface area (Å²) >= 11 is 6.02. The van der Waals surface area contributed by atoms with Crippen LogP contribution in [0.2, 0.25) is 5.02 Å². The maximum absolute atomic E-state index is 13.3. The summed E-state index contributed by atoms with van der Waals surface area (Å²) in [6.45, 7) is 2.74. The molecule has 0 bridgehead atoms. The third-order valence-electron chi connectivity index (χ3n) is 5.42. The van der Waals surface area contributed by atoms with Crippen LogP contribution >= 0.6 is 11.6 Å². The lowest BCUT2D eigenvalue weighted by molar-refractivity contribution is -0.141. The molecule has 0 saturated carbocycles. The highest BCUT2D eigenvalue weighted by Crippen LogP contribution is 2.31. The molecule has 0 spiro atoms. The molecule has 0 saturated heterocycles. The standard InChI is InChI=1S/C23H22ClF3N4O/c1-14(20-13-30(2)21-7-6-18(32)10-19(20)21)11-28-12-17-9-22(23(25,26)27)29-31(17)16-5-3-4-15(24)8-16/h3-10,13-14,28,32H,11-12H2,1-2H3. The minimum absolute atomic E-state index is 0.0603. The van der Waals surface area contributed by atoms with E-state index < -0.39 is 11.9 Å². The highest BCUT2D eigenvalue weighted by atomic mass is 35.5. The quantitative estimate of drug-likeness (QED) is 0.390. The van der Waals surface area contributed by atoms with Gasteiger partial charge in [-0.2, -0.15) is 18.3 Å². The lowest BCUT2D eigenvalue weighted by Crippen LogP contribution is -2.21. The molecule has 2 aromatic carbocycles. The Kier molecular flexibility index (Phi) is 5.92. The van der Waals surface area contributed by atoms with Crippen LogP contribution in [0.25, 0.3) is 16.6 Å². The molecule has 168 valence electrons. The Morgan fingerprint density at radius 3 is 2.66 bits per heavy atom. The van der Waals surface area contributed by atoms with E-state index in [0.29, 0.717) is 22.9 Å². The number of phenolic OH excluding ortho intramolecular Hbond substituents is 1. The number of phenols is 1.